The highest BCUT2D eigenvalue weighted by molar-refractivity contribution is 5.92. The van der Waals surface area contributed by atoms with Crippen molar-refractivity contribution in [3.63, 3.8) is 0 Å². The number of nitrogens with zero attached hydrogens (tertiary/aromatic N) is 2. The lowest BCUT2D eigenvalue weighted by atomic mass is 10.1. The van der Waals surface area contributed by atoms with Gasteiger partial charge in [-0.15, -0.1) is 0 Å². The van der Waals surface area contributed by atoms with Crippen LogP contribution in [-0.4, -0.2) is 22.8 Å². The Morgan fingerprint density at radius 2 is 2.05 bits per heavy atom. The molecule has 3 rings (SSSR count). The second-order valence-corrected chi connectivity index (χ2v) is 5.01. The highest BCUT2D eigenvalue weighted by Gasteiger charge is 2.29. The van der Waals surface area contributed by atoms with Gasteiger partial charge in [0.25, 0.3) is 5.91 Å². The molecule has 0 spiro atoms. The number of fused-ring (bicyclic) bond motifs is 1. The Morgan fingerprint density at radius 3 is 2.85 bits per heavy atom. The molecule has 0 fully saturated rings. The number of hydrogen-bond donors (Lipinski definition) is 0. The van der Waals surface area contributed by atoms with Crippen molar-refractivity contribution in [2.45, 2.75) is 18.9 Å². The van der Waals surface area contributed by atoms with Crippen molar-refractivity contribution >= 4 is 5.91 Å². The third kappa shape index (κ3) is 2.18. The Morgan fingerprint density at radius 1 is 1.25 bits per heavy atom. The summed E-state index contributed by atoms with van der Waals surface area (Å²) in [6.45, 7) is 0. The zero-order chi connectivity index (χ0) is 14.1. The molecule has 0 aliphatic heterocycles. The second-order valence-electron chi connectivity index (χ2n) is 5.01. The van der Waals surface area contributed by atoms with Gasteiger partial charge in [0.15, 0.2) is 0 Å². The monoisotopic (exact) mass is 270 g/mol. The number of benzene rings is 1. The fourth-order valence-corrected chi connectivity index (χ4v) is 2.79. The molecule has 1 amide bonds. The van der Waals surface area contributed by atoms with Crippen LogP contribution in [0.2, 0.25) is 0 Å². The molecule has 1 atom stereocenters. The van der Waals surface area contributed by atoms with E-state index in [0.29, 0.717) is 0 Å². The molecule has 1 aromatic heterocycles. The second kappa shape index (κ2) is 5.04. The molecule has 20 heavy (non-hydrogen) atoms. The summed E-state index contributed by atoms with van der Waals surface area (Å²) in [5.74, 6) is -0.873. The molecular formula is C16H15FN2O. The third-order valence-corrected chi connectivity index (χ3v) is 3.82. The van der Waals surface area contributed by atoms with Crippen LogP contribution in [0.25, 0.3) is 0 Å². The fraction of sp³-hybridized carbons (Fsp3) is 0.250. The lowest BCUT2D eigenvalue weighted by Crippen LogP contribution is -2.30. The molecule has 1 aliphatic rings. The van der Waals surface area contributed by atoms with Crippen LogP contribution in [0, 0.1) is 5.95 Å². The van der Waals surface area contributed by atoms with Crippen LogP contribution in [0.5, 0.6) is 0 Å². The fourth-order valence-electron chi connectivity index (χ4n) is 2.79. The van der Waals surface area contributed by atoms with E-state index >= 15 is 0 Å². The van der Waals surface area contributed by atoms with Crippen molar-refractivity contribution in [1.29, 1.82) is 0 Å². The molecule has 4 heteroatoms. The van der Waals surface area contributed by atoms with Gasteiger partial charge in [0.05, 0.1) is 6.04 Å². The minimum atomic E-state index is -0.629. The van der Waals surface area contributed by atoms with E-state index in [1.165, 1.54) is 23.3 Å². The maximum atomic E-state index is 13.1. The first kappa shape index (κ1) is 12.8. The topological polar surface area (TPSA) is 33.2 Å². The van der Waals surface area contributed by atoms with Crippen molar-refractivity contribution in [1.82, 2.24) is 9.88 Å². The highest BCUT2D eigenvalue weighted by atomic mass is 19.1. The van der Waals surface area contributed by atoms with E-state index in [0.717, 1.165) is 12.8 Å². The number of hydrogen-bond acceptors (Lipinski definition) is 2. The highest BCUT2D eigenvalue weighted by Crippen LogP contribution is 2.35. The summed E-state index contributed by atoms with van der Waals surface area (Å²) in [7, 11) is 1.75. The Balaban J connectivity index is 1.87. The van der Waals surface area contributed by atoms with Gasteiger partial charge in [-0.1, -0.05) is 30.3 Å². The zero-order valence-electron chi connectivity index (χ0n) is 11.2. The number of rotatable bonds is 2. The summed E-state index contributed by atoms with van der Waals surface area (Å²) in [5, 5.41) is 0. The van der Waals surface area contributed by atoms with Gasteiger partial charge >= 0.3 is 0 Å². The van der Waals surface area contributed by atoms with E-state index in [4.69, 9.17) is 0 Å². The van der Waals surface area contributed by atoms with Crippen LogP contribution in [0.15, 0.2) is 42.5 Å². The van der Waals surface area contributed by atoms with Gasteiger partial charge in [-0.3, -0.25) is 4.79 Å². The van der Waals surface area contributed by atoms with Crippen LogP contribution in [0.1, 0.15) is 34.1 Å². The number of carbonyl (C=O) groups excluding carboxylic acids is 1. The van der Waals surface area contributed by atoms with Crippen molar-refractivity contribution in [3.05, 3.63) is 65.2 Å². The van der Waals surface area contributed by atoms with Gasteiger partial charge < -0.3 is 4.90 Å². The van der Waals surface area contributed by atoms with Crippen molar-refractivity contribution in [2.75, 3.05) is 7.05 Å². The minimum Gasteiger partial charge on any atom is -0.333 e. The molecule has 2 aromatic rings. The Hall–Kier alpha value is -2.23. The zero-order valence-corrected chi connectivity index (χ0v) is 11.2. The molecule has 102 valence electrons. The van der Waals surface area contributed by atoms with E-state index in [1.807, 2.05) is 12.1 Å². The van der Waals surface area contributed by atoms with E-state index in [9.17, 15) is 9.18 Å². The molecule has 1 aliphatic carbocycles. The van der Waals surface area contributed by atoms with Crippen LogP contribution in [0.4, 0.5) is 4.39 Å². The van der Waals surface area contributed by atoms with E-state index in [2.05, 4.69) is 17.1 Å². The first-order chi connectivity index (χ1) is 9.66. The molecule has 0 N–H and O–H groups in total. The molecular weight excluding hydrogens is 255 g/mol. The lowest BCUT2D eigenvalue weighted by Gasteiger charge is -2.25. The van der Waals surface area contributed by atoms with Gasteiger partial charge in [-0.25, -0.2) is 4.98 Å². The quantitative estimate of drug-likeness (QED) is 0.786. The standard InChI is InChI=1S/C16H15FN2O/c1-19(16(20)13-7-4-8-15(17)18-13)14-10-9-11-5-2-3-6-12(11)14/h2-8,14H,9-10H2,1H3. The molecule has 1 aromatic carbocycles. The van der Waals surface area contributed by atoms with Crippen molar-refractivity contribution in [2.24, 2.45) is 0 Å². The van der Waals surface area contributed by atoms with Gasteiger partial charge in [-0.2, -0.15) is 4.39 Å². The summed E-state index contributed by atoms with van der Waals surface area (Å²) < 4.78 is 13.1. The third-order valence-electron chi connectivity index (χ3n) is 3.82. The largest absolute Gasteiger partial charge is 0.333 e. The van der Waals surface area contributed by atoms with E-state index < -0.39 is 5.95 Å². The predicted octanol–water partition coefficient (Wildman–Crippen LogP) is 2.98. The molecule has 0 saturated heterocycles. The van der Waals surface area contributed by atoms with Gasteiger partial charge in [0.1, 0.15) is 5.69 Å². The van der Waals surface area contributed by atoms with Gasteiger partial charge in [0, 0.05) is 7.05 Å². The molecule has 3 nitrogen and oxygen atoms in total. The minimum absolute atomic E-state index is 0.0452. The van der Waals surface area contributed by atoms with Crippen molar-refractivity contribution < 1.29 is 9.18 Å². The molecule has 1 unspecified atom stereocenters. The van der Waals surface area contributed by atoms with Gasteiger partial charge in [-0.05, 0) is 36.1 Å². The number of aromatic nitrogens is 1. The van der Waals surface area contributed by atoms with Crippen LogP contribution in [-0.2, 0) is 6.42 Å². The molecule has 0 bridgehead atoms. The number of amides is 1. The SMILES string of the molecule is CN(C(=O)c1cccc(F)n1)C1CCc2ccccc21. The summed E-state index contributed by atoms with van der Waals surface area (Å²) in [4.78, 5) is 17.7. The normalized spacial score (nSPS) is 16.8. The predicted molar refractivity (Wildman–Crippen MR) is 73.8 cm³/mol. The molecule has 0 saturated carbocycles. The maximum absolute atomic E-state index is 13.1. The number of pyridine rings is 1. The molecule has 1 heterocycles. The maximum Gasteiger partial charge on any atom is 0.272 e. The average Bonchev–Trinajstić information content (AvgIpc) is 2.89. The van der Waals surface area contributed by atoms with Crippen molar-refractivity contribution in [3.8, 4) is 0 Å². The van der Waals surface area contributed by atoms with Crippen LogP contribution >= 0.6 is 0 Å². The number of halogens is 1. The Labute approximate surface area is 117 Å². The first-order valence-electron chi connectivity index (χ1n) is 6.64. The van der Waals surface area contributed by atoms with E-state index in [-0.39, 0.29) is 17.6 Å². The Kier molecular flexibility index (Phi) is 3.22. The van der Waals surface area contributed by atoms with Crippen LogP contribution < -0.4 is 0 Å². The smallest absolute Gasteiger partial charge is 0.272 e. The summed E-state index contributed by atoms with van der Waals surface area (Å²) >= 11 is 0. The summed E-state index contributed by atoms with van der Waals surface area (Å²) in [6, 6.07) is 12.5. The van der Waals surface area contributed by atoms with Gasteiger partial charge in [0.2, 0.25) is 5.95 Å². The lowest BCUT2D eigenvalue weighted by molar-refractivity contribution is 0.0723. The first-order valence-corrected chi connectivity index (χ1v) is 6.64. The summed E-state index contributed by atoms with van der Waals surface area (Å²) in [5.41, 5.74) is 2.61. The summed E-state index contributed by atoms with van der Waals surface area (Å²) in [6.07, 6.45) is 1.87. The van der Waals surface area contributed by atoms with E-state index in [1.54, 1.807) is 18.0 Å². The molecule has 0 radical (unpaired) electrons. The average molecular weight is 270 g/mol. The number of carbonyl (C=O) groups is 1. The number of aryl methyl sites for hydroxylation is 1. The Bertz CT molecular complexity index is 656. The van der Waals surface area contributed by atoms with Crippen LogP contribution in [0.3, 0.4) is 0 Å².